The van der Waals surface area contributed by atoms with E-state index >= 15 is 0 Å². The second-order valence-corrected chi connectivity index (χ2v) is 3.83. The minimum Gasteiger partial charge on any atom is -0.495 e. The Morgan fingerprint density at radius 1 is 1.57 bits per heavy atom. The van der Waals surface area contributed by atoms with Gasteiger partial charge in [-0.1, -0.05) is 6.42 Å². The van der Waals surface area contributed by atoms with Crippen LogP contribution in [0.1, 0.15) is 30.9 Å². The van der Waals surface area contributed by atoms with Crippen LogP contribution in [0.3, 0.4) is 0 Å². The van der Waals surface area contributed by atoms with E-state index in [2.05, 4.69) is 4.98 Å². The van der Waals surface area contributed by atoms with E-state index in [0.29, 0.717) is 5.92 Å². The second kappa shape index (κ2) is 3.96. The average molecular weight is 192 g/mol. The first-order valence-corrected chi connectivity index (χ1v) is 5.06. The maximum absolute atomic E-state index is 6.17. The van der Waals surface area contributed by atoms with Gasteiger partial charge < -0.3 is 10.5 Å². The van der Waals surface area contributed by atoms with Gasteiger partial charge in [0.15, 0.2) is 0 Å². The summed E-state index contributed by atoms with van der Waals surface area (Å²) >= 11 is 0. The van der Waals surface area contributed by atoms with Gasteiger partial charge in [0.05, 0.1) is 13.3 Å². The molecule has 0 amide bonds. The molecule has 0 bridgehead atoms. The Hall–Kier alpha value is -1.09. The summed E-state index contributed by atoms with van der Waals surface area (Å²) in [6.07, 6.45) is 7.30. The zero-order valence-corrected chi connectivity index (χ0v) is 8.44. The van der Waals surface area contributed by atoms with E-state index < -0.39 is 0 Å². The first-order valence-electron chi connectivity index (χ1n) is 5.06. The Morgan fingerprint density at radius 3 is 2.93 bits per heavy atom. The van der Waals surface area contributed by atoms with E-state index in [-0.39, 0.29) is 6.04 Å². The second-order valence-electron chi connectivity index (χ2n) is 3.83. The van der Waals surface area contributed by atoms with Crippen molar-refractivity contribution in [3.63, 3.8) is 0 Å². The van der Waals surface area contributed by atoms with Gasteiger partial charge >= 0.3 is 0 Å². The van der Waals surface area contributed by atoms with Gasteiger partial charge in [-0.05, 0) is 24.8 Å². The minimum absolute atomic E-state index is 0.113. The van der Waals surface area contributed by atoms with Crippen LogP contribution in [0.15, 0.2) is 18.5 Å². The van der Waals surface area contributed by atoms with Crippen LogP contribution in [0.5, 0.6) is 5.75 Å². The molecule has 1 heterocycles. The van der Waals surface area contributed by atoms with Crippen molar-refractivity contribution in [2.75, 3.05) is 7.11 Å². The summed E-state index contributed by atoms with van der Waals surface area (Å²) in [6, 6.07) is 2.07. The molecule has 1 saturated carbocycles. The van der Waals surface area contributed by atoms with Gasteiger partial charge in [-0.15, -0.1) is 0 Å². The van der Waals surface area contributed by atoms with Crippen molar-refractivity contribution < 1.29 is 4.74 Å². The van der Waals surface area contributed by atoms with Gasteiger partial charge in [-0.2, -0.15) is 0 Å². The van der Waals surface area contributed by atoms with Crippen molar-refractivity contribution in [2.24, 2.45) is 11.7 Å². The first kappa shape index (κ1) is 9.46. The molecule has 1 aromatic heterocycles. The lowest BCUT2D eigenvalue weighted by atomic mass is 9.77. The predicted octanol–water partition coefficient (Wildman–Crippen LogP) is 1.89. The Balaban J connectivity index is 2.20. The van der Waals surface area contributed by atoms with Crippen molar-refractivity contribution in [1.82, 2.24) is 4.98 Å². The van der Waals surface area contributed by atoms with Crippen LogP contribution in [0, 0.1) is 5.92 Å². The summed E-state index contributed by atoms with van der Waals surface area (Å²) < 4.78 is 5.24. The van der Waals surface area contributed by atoms with E-state index in [1.54, 1.807) is 19.5 Å². The molecule has 1 unspecified atom stereocenters. The molecule has 1 atom stereocenters. The number of rotatable bonds is 3. The third kappa shape index (κ3) is 1.60. The number of hydrogen-bond acceptors (Lipinski definition) is 3. The molecule has 1 aliphatic carbocycles. The molecule has 1 aliphatic rings. The van der Waals surface area contributed by atoms with E-state index in [1.807, 2.05) is 6.07 Å². The number of pyridine rings is 1. The minimum atomic E-state index is 0.113. The van der Waals surface area contributed by atoms with Crippen LogP contribution < -0.4 is 10.5 Å². The third-order valence-corrected chi connectivity index (χ3v) is 3.05. The van der Waals surface area contributed by atoms with Crippen molar-refractivity contribution in [2.45, 2.75) is 25.3 Å². The maximum Gasteiger partial charge on any atom is 0.141 e. The maximum atomic E-state index is 6.17. The van der Waals surface area contributed by atoms with Gasteiger partial charge in [-0.25, -0.2) is 0 Å². The fourth-order valence-electron chi connectivity index (χ4n) is 1.89. The molecule has 1 aromatic rings. The highest BCUT2D eigenvalue weighted by Crippen LogP contribution is 2.38. The van der Waals surface area contributed by atoms with E-state index in [0.717, 1.165) is 11.3 Å². The highest BCUT2D eigenvalue weighted by Gasteiger charge is 2.27. The monoisotopic (exact) mass is 192 g/mol. The standard InChI is InChI=1S/C11H16N2O/c1-14-10-7-13-6-5-9(10)11(12)8-3-2-4-8/h5-8,11H,2-4,12H2,1H3. The molecular weight excluding hydrogens is 176 g/mol. The highest BCUT2D eigenvalue weighted by atomic mass is 16.5. The third-order valence-electron chi connectivity index (χ3n) is 3.05. The lowest BCUT2D eigenvalue weighted by molar-refractivity contribution is 0.259. The fourth-order valence-corrected chi connectivity index (χ4v) is 1.89. The van der Waals surface area contributed by atoms with Crippen molar-refractivity contribution in [1.29, 1.82) is 0 Å². The smallest absolute Gasteiger partial charge is 0.141 e. The van der Waals surface area contributed by atoms with Crippen molar-refractivity contribution >= 4 is 0 Å². The van der Waals surface area contributed by atoms with Crippen molar-refractivity contribution in [3.8, 4) is 5.75 Å². The van der Waals surface area contributed by atoms with Crippen LogP contribution in [0.25, 0.3) is 0 Å². The lowest BCUT2D eigenvalue weighted by Gasteiger charge is -2.31. The van der Waals surface area contributed by atoms with Crippen LogP contribution in [0.2, 0.25) is 0 Å². The average Bonchev–Trinajstić information content (AvgIpc) is 2.15. The van der Waals surface area contributed by atoms with Gasteiger partial charge in [0.1, 0.15) is 5.75 Å². The number of nitrogens with zero attached hydrogens (tertiary/aromatic N) is 1. The van der Waals surface area contributed by atoms with E-state index in [4.69, 9.17) is 10.5 Å². The molecule has 3 heteroatoms. The van der Waals surface area contributed by atoms with Gasteiger partial charge in [0.2, 0.25) is 0 Å². The molecule has 14 heavy (non-hydrogen) atoms. The Kier molecular flexibility index (Phi) is 2.68. The predicted molar refractivity (Wildman–Crippen MR) is 55.1 cm³/mol. The number of methoxy groups -OCH3 is 1. The molecule has 3 nitrogen and oxygen atoms in total. The molecule has 1 fully saturated rings. The van der Waals surface area contributed by atoms with Gasteiger partial charge in [0.25, 0.3) is 0 Å². The van der Waals surface area contributed by atoms with Gasteiger partial charge in [0, 0.05) is 17.8 Å². The topological polar surface area (TPSA) is 48.1 Å². The normalized spacial score (nSPS) is 18.7. The highest BCUT2D eigenvalue weighted by molar-refractivity contribution is 5.33. The Labute approximate surface area is 84.3 Å². The zero-order valence-electron chi connectivity index (χ0n) is 8.44. The summed E-state index contributed by atoms with van der Waals surface area (Å²) in [7, 11) is 1.66. The van der Waals surface area contributed by atoms with E-state index in [9.17, 15) is 0 Å². The summed E-state index contributed by atoms with van der Waals surface area (Å²) in [5, 5.41) is 0. The van der Waals surface area contributed by atoms with Crippen LogP contribution in [-0.2, 0) is 0 Å². The quantitative estimate of drug-likeness (QED) is 0.795. The molecule has 0 aromatic carbocycles. The van der Waals surface area contributed by atoms with Crippen molar-refractivity contribution in [3.05, 3.63) is 24.0 Å². The molecule has 2 rings (SSSR count). The fraction of sp³-hybridized carbons (Fsp3) is 0.545. The zero-order chi connectivity index (χ0) is 9.97. The molecular formula is C11H16N2O. The number of hydrogen-bond donors (Lipinski definition) is 1. The molecule has 0 radical (unpaired) electrons. The molecule has 0 spiro atoms. The Bertz CT molecular complexity index is 310. The SMILES string of the molecule is COc1cnccc1C(N)C1CCC1. The molecule has 2 N–H and O–H groups in total. The summed E-state index contributed by atoms with van der Waals surface area (Å²) in [5.74, 6) is 1.44. The molecule has 0 aliphatic heterocycles. The van der Waals surface area contributed by atoms with Crippen LogP contribution in [-0.4, -0.2) is 12.1 Å². The first-order chi connectivity index (χ1) is 6.83. The number of aromatic nitrogens is 1. The number of nitrogens with two attached hydrogens (primary N) is 1. The van der Waals surface area contributed by atoms with E-state index in [1.165, 1.54) is 19.3 Å². The Morgan fingerprint density at radius 2 is 2.36 bits per heavy atom. The number of ether oxygens (including phenoxy) is 1. The molecule has 76 valence electrons. The van der Waals surface area contributed by atoms with Crippen LogP contribution >= 0.6 is 0 Å². The largest absolute Gasteiger partial charge is 0.495 e. The summed E-state index contributed by atoms with van der Waals surface area (Å²) in [5.41, 5.74) is 7.26. The van der Waals surface area contributed by atoms with Gasteiger partial charge in [-0.3, -0.25) is 4.98 Å². The summed E-state index contributed by atoms with van der Waals surface area (Å²) in [6.45, 7) is 0. The lowest BCUT2D eigenvalue weighted by Crippen LogP contribution is -2.27. The van der Waals surface area contributed by atoms with Crippen LogP contribution in [0.4, 0.5) is 0 Å². The molecule has 0 saturated heterocycles. The summed E-state index contributed by atoms with van der Waals surface area (Å²) in [4.78, 5) is 4.02.